The number of alkyl halides is 2. The lowest BCUT2D eigenvalue weighted by Gasteiger charge is -2.21. The predicted molar refractivity (Wildman–Crippen MR) is 162 cm³/mol. The summed E-state index contributed by atoms with van der Waals surface area (Å²) in [7, 11) is 6.71. The van der Waals surface area contributed by atoms with Gasteiger partial charge in [0, 0.05) is 49.9 Å². The maximum absolute atomic E-state index is 14.6. The number of hydrogen-bond donors (Lipinski definition) is 0. The monoisotopic (exact) mass is 586 g/mol. The molecule has 6 aromatic rings. The summed E-state index contributed by atoms with van der Waals surface area (Å²) in [5.74, 6) is 2.32. The lowest BCUT2D eigenvalue weighted by atomic mass is 9.95. The number of imidazole rings is 2. The molecular weight excluding hydrogens is 554 g/mol. The number of rotatable bonds is 6. The lowest BCUT2D eigenvalue weighted by Crippen LogP contribution is -2.19. The second-order valence-corrected chi connectivity index (χ2v) is 11.6. The zero-order valence-electron chi connectivity index (χ0n) is 25.0. The fraction of sp³-hybridized carbons (Fsp3) is 0.281. The molecule has 43 heavy (non-hydrogen) atoms. The number of aromatic nitrogens is 6. The van der Waals surface area contributed by atoms with Crippen molar-refractivity contribution >= 4 is 22.1 Å². The third-order valence-electron chi connectivity index (χ3n) is 7.60. The van der Waals surface area contributed by atoms with E-state index in [1.54, 1.807) is 80.2 Å². The van der Waals surface area contributed by atoms with Crippen LogP contribution < -0.4 is 15.2 Å². The Balaban J connectivity index is 1.65. The minimum Gasteiger partial charge on any atom is -0.497 e. The Hall–Kier alpha value is -4.93. The van der Waals surface area contributed by atoms with E-state index in [2.05, 4.69) is 5.10 Å². The Labute approximate surface area is 246 Å². The molecule has 0 bridgehead atoms. The van der Waals surface area contributed by atoms with Crippen molar-refractivity contribution in [2.24, 2.45) is 21.1 Å². The molecule has 0 aliphatic heterocycles. The van der Waals surface area contributed by atoms with Gasteiger partial charge in [-0.1, -0.05) is 20.8 Å². The SMILES string of the molecule is COc1ccc(Oc2cc(-n3c(C(C)(C)C)nc4cc(-c5cnn(C)c5)c(C(F)F)cc43)cc3c2n(C)c(=O)n3C)cc1. The van der Waals surface area contributed by atoms with Gasteiger partial charge in [0.05, 0.1) is 35.5 Å². The summed E-state index contributed by atoms with van der Waals surface area (Å²) < 4.78 is 47.3. The fourth-order valence-corrected chi connectivity index (χ4v) is 5.47. The van der Waals surface area contributed by atoms with Crippen LogP contribution in [0.25, 0.3) is 38.9 Å². The molecule has 0 unspecified atom stereocenters. The molecule has 11 heteroatoms. The number of halogens is 2. The second-order valence-electron chi connectivity index (χ2n) is 11.6. The molecule has 222 valence electrons. The van der Waals surface area contributed by atoms with E-state index in [-0.39, 0.29) is 11.3 Å². The van der Waals surface area contributed by atoms with E-state index in [4.69, 9.17) is 14.5 Å². The van der Waals surface area contributed by atoms with E-state index in [9.17, 15) is 13.6 Å². The third kappa shape index (κ3) is 4.74. The maximum atomic E-state index is 14.6. The molecule has 0 saturated heterocycles. The van der Waals surface area contributed by atoms with Crippen molar-refractivity contribution in [3.05, 3.63) is 82.8 Å². The Kier molecular flexibility index (Phi) is 6.63. The first kappa shape index (κ1) is 28.2. The van der Waals surface area contributed by atoms with Crippen molar-refractivity contribution in [1.82, 2.24) is 28.5 Å². The van der Waals surface area contributed by atoms with Crippen LogP contribution in [0.5, 0.6) is 17.2 Å². The predicted octanol–water partition coefficient (Wildman–Crippen LogP) is 6.65. The maximum Gasteiger partial charge on any atom is 0.328 e. The highest BCUT2D eigenvalue weighted by Crippen LogP contribution is 2.40. The molecule has 6 rings (SSSR count). The van der Waals surface area contributed by atoms with E-state index < -0.39 is 11.8 Å². The first-order chi connectivity index (χ1) is 20.4. The molecule has 0 N–H and O–H groups in total. The number of methoxy groups -OCH3 is 1. The van der Waals surface area contributed by atoms with Crippen LogP contribution >= 0.6 is 0 Å². The van der Waals surface area contributed by atoms with Gasteiger partial charge in [0.25, 0.3) is 6.43 Å². The standard InChI is InChI=1S/C32H32F2N6O3/c1-32(2,3)30-36-24-14-22(18-16-35-37(4)17-18)23(29(33)34)15-25(24)40(30)19-12-26-28(39(6)31(41)38(26)5)27(13-19)43-21-10-8-20(42-7)9-11-21/h8-17,29H,1-7H3. The van der Waals surface area contributed by atoms with Crippen LogP contribution in [0.15, 0.2) is 65.7 Å². The summed E-state index contributed by atoms with van der Waals surface area (Å²) in [6.45, 7) is 6.06. The second kappa shape index (κ2) is 10.1. The van der Waals surface area contributed by atoms with Crippen LogP contribution in [0.3, 0.4) is 0 Å². The summed E-state index contributed by atoms with van der Waals surface area (Å²) >= 11 is 0. The lowest BCUT2D eigenvalue weighted by molar-refractivity contribution is 0.152. The number of nitrogens with zero attached hydrogens (tertiary/aromatic N) is 6. The van der Waals surface area contributed by atoms with Gasteiger partial charge in [0.1, 0.15) is 22.8 Å². The van der Waals surface area contributed by atoms with Crippen LogP contribution in [-0.4, -0.2) is 35.6 Å². The molecule has 0 amide bonds. The summed E-state index contributed by atoms with van der Waals surface area (Å²) in [5.41, 5.74) is 3.08. The summed E-state index contributed by atoms with van der Waals surface area (Å²) in [6.07, 6.45) is 0.551. The average Bonchev–Trinajstić information content (AvgIpc) is 3.63. The molecule has 0 saturated carbocycles. The van der Waals surface area contributed by atoms with Crippen molar-refractivity contribution in [3.8, 4) is 34.1 Å². The largest absolute Gasteiger partial charge is 0.497 e. The molecular formula is C32H32F2N6O3. The molecule has 9 nitrogen and oxygen atoms in total. The molecule has 0 radical (unpaired) electrons. The van der Waals surface area contributed by atoms with E-state index in [0.29, 0.717) is 62.0 Å². The molecule has 0 aliphatic rings. The molecule has 3 aromatic heterocycles. The highest BCUT2D eigenvalue weighted by Gasteiger charge is 2.28. The smallest absolute Gasteiger partial charge is 0.328 e. The number of hydrogen-bond acceptors (Lipinski definition) is 5. The van der Waals surface area contributed by atoms with Gasteiger partial charge in [-0.2, -0.15) is 5.10 Å². The van der Waals surface area contributed by atoms with Gasteiger partial charge >= 0.3 is 5.69 Å². The van der Waals surface area contributed by atoms with Gasteiger partial charge < -0.3 is 9.47 Å². The normalized spacial score (nSPS) is 12.1. The highest BCUT2D eigenvalue weighted by atomic mass is 19.3. The summed E-state index contributed by atoms with van der Waals surface area (Å²) in [5, 5.41) is 4.18. The quantitative estimate of drug-likeness (QED) is 0.218. The Bertz CT molecular complexity index is 2060. The van der Waals surface area contributed by atoms with Gasteiger partial charge in [-0.05, 0) is 48.0 Å². The van der Waals surface area contributed by atoms with E-state index in [1.165, 1.54) is 10.6 Å². The number of ether oxygens (including phenoxy) is 2. The number of fused-ring (bicyclic) bond motifs is 2. The number of benzene rings is 3. The van der Waals surface area contributed by atoms with Crippen molar-refractivity contribution < 1.29 is 18.3 Å². The van der Waals surface area contributed by atoms with E-state index in [0.717, 1.165) is 0 Å². The van der Waals surface area contributed by atoms with Gasteiger partial charge in [-0.15, -0.1) is 0 Å². The third-order valence-corrected chi connectivity index (χ3v) is 7.60. The molecule has 0 atom stereocenters. The van der Waals surface area contributed by atoms with Crippen LogP contribution in [0.2, 0.25) is 0 Å². The number of aryl methyl sites for hydroxylation is 3. The van der Waals surface area contributed by atoms with Crippen LogP contribution in [0.1, 0.15) is 38.6 Å². The zero-order valence-corrected chi connectivity index (χ0v) is 25.0. The Morgan fingerprint density at radius 1 is 0.907 bits per heavy atom. The highest BCUT2D eigenvalue weighted by molar-refractivity contribution is 5.89. The van der Waals surface area contributed by atoms with Crippen LogP contribution in [0, 0.1) is 0 Å². The first-order valence-corrected chi connectivity index (χ1v) is 13.7. The van der Waals surface area contributed by atoms with Gasteiger partial charge in [-0.3, -0.25) is 18.4 Å². The van der Waals surface area contributed by atoms with Crippen molar-refractivity contribution in [2.75, 3.05) is 7.11 Å². The summed E-state index contributed by atoms with van der Waals surface area (Å²) in [4.78, 5) is 18.0. The minimum absolute atomic E-state index is 0.120. The van der Waals surface area contributed by atoms with Crippen molar-refractivity contribution in [2.45, 2.75) is 32.6 Å². The first-order valence-electron chi connectivity index (χ1n) is 13.7. The molecule has 0 fully saturated rings. The van der Waals surface area contributed by atoms with Crippen LogP contribution in [-0.2, 0) is 26.6 Å². The molecule has 0 aliphatic carbocycles. The minimum atomic E-state index is -2.73. The fourth-order valence-electron chi connectivity index (χ4n) is 5.47. The Morgan fingerprint density at radius 2 is 1.60 bits per heavy atom. The van der Waals surface area contributed by atoms with Gasteiger partial charge in [0.15, 0.2) is 5.75 Å². The van der Waals surface area contributed by atoms with Crippen molar-refractivity contribution in [1.29, 1.82) is 0 Å². The van der Waals surface area contributed by atoms with Gasteiger partial charge in [0.2, 0.25) is 0 Å². The van der Waals surface area contributed by atoms with E-state index >= 15 is 0 Å². The molecule has 0 spiro atoms. The topological polar surface area (TPSA) is 81.0 Å². The molecule has 3 heterocycles. The van der Waals surface area contributed by atoms with E-state index in [1.807, 2.05) is 37.5 Å². The average molecular weight is 587 g/mol. The Morgan fingerprint density at radius 3 is 2.21 bits per heavy atom. The van der Waals surface area contributed by atoms with Crippen molar-refractivity contribution in [3.63, 3.8) is 0 Å². The summed E-state index contributed by atoms with van der Waals surface area (Å²) in [6, 6.07) is 14.0. The van der Waals surface area contributed by atoms with Gasteiger partial charge in [-0.25, -0.2) is 18.6 Å². The molecule has 3 aromatic carbocycles. The zero-order chi connectivity index (χ0) is 30.8. The van der Waals surface area contributed by atoms with Crippen LogP contribution in [0.4, 0.5) is 8.78 Å².